The molecule has 0 radical (unpaired) electrons. The lowest BCUT2D eigenvalue weighted by Gasteiger charge is -2.44. The number of piperidine rings is 3. The first-order valence-corrected chi connectivity index (χ1v) is 20.7. The average Bonchev–Trinajstić information content (AvgIpc) is 4.01. The van der Waals surface area contributed by atoms with Crippen LogP contribution in [0.5, 0.6) is 11.5 Å². The van der Waals surface area contributed by atoms with Crippen LogP contribution in [0.2, 0.25) is 10.0 Å². The van der Waals surface area contributed by atoms with Gasteiger partial charge in [-0.3, -0.25) is 10.1 Å². The Hall–Kier alpha value is -4.61. The molecule has 4 heterocycles. The Balaban J connectivity index is 1.30. The second-order valence-corrected chi connectivity index (χ2v) is 17.2. The van der Waals surface area contributed by atoms with Crippen LogP contribution in [0.3, 0.4) is 0 Å². The predicted molar refractivity (Wildman–Crippen MR) is 200 cm³/mol. The number of pyridine rings is 1. The molecular weight excluding hydrogens is 826 g/mol. The molecule has 0 spiro atoms. The molecule has 4 aliphatic rings. The van der Waals surface area contributed by atoms with Crippen molar-refractivity contribution in [2.45, 2.75) is 61.7 Å². The monoisotopic (exact) mass is 863 g/mol. The molecule has 12 nitrogen and oxygen atoms in total. The average molecular weight is 865 g/mol. The van der Waals surface area contributed by atoms with Crippen LogP contribution in [-0.4, -0.2) is 69.4 Å². The zero-order valence-electron chi connectivity index (χ0n) is 30.7. The number of carbonyl (C=O) groups is 2. The number of carboxylic acid groups (broad SMARTS) is 1. The van der Waals surface area contributed by atoms with Crippen molar-refractivity contribution in [3.8, 4) is 11.5 Å². The molecule has 3 aliphatic heterocycles. The van der Waals surface area contributed by atoms with Gasteiger partial charge in [0.15, 0.2) is 11.5 Å². The summed E-state index contributed by atoms with van der Waals surface area (Å²) in [5.41, 5.74) is -0.142. The molecule has 308 valence electrons. The number of nitrogens with one attached hydrogen (secondary N) is 1. The van der Waals surface area contributed by atoms with Crippen molar-refractivity contribution in [2.24, 2.45) is 11.8 Å². The maximum Gasteiger partial charge on any atom is 0.387 e. The van der Waals surface area contributed by atoms with E-state index in [1.807, 2.05) is 0 Å². The summed E-state index contributed by atoms with van der Waals surface area (Å²) in [7, 11) is -4.75. The van der Waals surface area contributed by atoms with E-state index >= 15 is 0 Å². The number of hydrogen-bond donors (Lipinski definition) is 2. The minimum atomic E-state index is -4.75. The number of ether oxygens (including phenoxy) is 3. The number of aromatic carboxylic acids is 1. The minimum absolute atomic E-state index is 0.0291. The number of aromatic nitrogens is 1. The molecule has 2 bridgehead atoms. The zero-order valence-corrected chi connectivity index (χ0v) is 33.0. The van der Waals surface area contributed by atoms with E-state index in [0.29, 0.717) is 11.3 Å². The number of nitrogens with zero attached hydrogens (tertiary/aromatic N) is 2. The summed E-state index contributed by atoms with van der Waals surface area (Å²) in [6.45, 7) is -0.809. The van der Waals surface area contributed by atoms with Gasteiger partial charge in [0.05, 0.1) is 17.5 Å². The maximum atomic E-state index is 14.5. The lowest BCUT2D eigenvalue weighted by atomic mass is 9.83. The van der Waals surface area contributed by atoms with Gasteiger partial charge in [0.25, 0.3) is 0 Å². The number of fused-ring (bicyclic) bond motifs is 3. The summed E-state index contributed by atoms with van der Waals surface area (Å²) in [6.07, 6.45) is 4.92. The van der Waals surface area contributed by atoms with E-state index in [2.05, 4.69) is 9.62 Å². The third kappa shape index (κ3) is 9.63. The van der Waals surface area contributed by atoms with Gasteiger partial charge in [-0.05, 0) is 110 Å². The number of rotatable bonds is 16. The van der Waals surface area contributed by atoms with Crippen LogP contribution >= 0.6 is 23.2 Å². The van der Waals surface area contributed by atoms with E-state index in [0.717, 1.165) is 81.5 Å². The Morgan fingerprint density at radius 1 is 0.966 bits per heavy atom. The highest BCUT2D eigenvalue weighted by atomic mass is 35.5. The van der Waals surface area contributed by atoms with Crippen molar-refractivity contribution >= 4 is 45.2 Å². The standard InChI is InChI=1S/C40H38Cl2F3N3O9S/c41-32-18-48(52)19-33(42)31(32)17-29(24-6-9-34(57-40(44)45)35(15-24)55-21-22-4-5-22)30-16-27(7-8-28(30)38(49)50)58(53,54)46-37(25-2-1-3-26(43)14-25)39(51)56-36-20-47-12-10-23(36)11-13-47/h1-3,6-9,14-16,18-19,22-23,29,36-37,40,46H,4-5,10-13,17,20-21H2,(H-,49,50,52)/t29-,36-,37?/m0/s1. The lowest BCUT2D eigenvalue weighted by molar-refractivity contribution is -0.904. The van der Waals surface area contributed by atoms with E-state index in [-0.39, 0.29) is 68.7 Å². The molecule has 0 amide bonds. The number of halogens is 5. The highest BCUT2D eigenvalue weighted by Crippen LogP contribution is 2.41. The number of sulfonamides is 1. The summed E-state index contributed by atoms with van der Waals surface area (Å²) in [4.78, 5) is 28.2. The van der Waals surface area contributed by atoms with E-state index < -0.39 is 62.9 Å². The normalized spacial score (nSPS) is 20.1. The van der Waals surface area contributed by atoms with E-state index in [9.17, 15) is 41.5 Å². The van der Waals surface area contributed by atoms with Gasteiger partial charge in [0.1, 0.15) is 28.0 Å². The number of benzene rings is 3. The fourth-order valence-corrected chi connectivity index (χ4v) is 9.31. The fraction of sp³-hybridized carbons (Fsp3) is 0.375. The number of carboxylic acids is 1. The Kier molecular flexibility index (Phi) is 12.4. The van der Waals surface area contributed by atoms with Gasteiger partial charge in [-0.1, -0.05) is 47.5 Å². The third-order valence-corrected chi connectivity index (χ3v) is 12.8. The van der Waals surface area contributed by atoms with E-state index in [1.54, 1.807) is 0 Å². The quantitative estimate of drug-likeness (QED) is 0.0845. The number of alkyl halides is 2. The largest absolute Gasteiger partial charge is 0.545 e. The molecule has 1 unspecified atom stereocenters. The third-order valence-electron chi connectivity index (χ3n) is 10.7. The Bertz CT molecular complexity index is 2290. The summed E-state index contributed by atoms with van der Waals surface area (Å²) < 4.78 is 89.5. The molecule has 4 fully saturated rings. The number of hydrogen-bond acceptors (Lipinski definition) is 10. The summed E-state index contributed by atoms with van der Waals surface area (Å²) in [5.74, 6) is -4.58. The highest BCUT2D eigenvalue weighted by Gasteiger charge is 2.39. The molecule has 3 aromatic carbocycles. The molecular formula is C40H38Cl2F3N3O9S. The van der Waals surface area contributed by atoms with Crippen molar-refractivity contribution < 1.29 is 60.4 Å². The lowest BCUT2D eigenvalue weighted by Crippen LogP contribution is -2.52. The van der Waals surface area contributed by atoms with Crippen LogP contribution in [-0.2, 0) is 26.0 Å². The second kappa shape index (κ2) is 17.3. The van der Waals surface area contributed by atoms with Gasteiger partial charge in [-0.2, -0.15) is 13.5 Å². The predicted octanol–water partition coefficient (Wildman–Crippen LogP) is 5.44. The van der Waals surface area contributed by atoms with Gasteiger partial charge in [-0.15, -0.1) is 0 Å². The van der Waals surface area contributed by atoms with E-state index in [1.165, 1.54) is 30.3 Å². The van der Waals surface area contributed by atoms with Crippen LogP contribution in [0.4, 0.5) is 13.2 Å². The van der Waals surface area contributed by atoms with Crippen LogP contribution < -0.4 is 24.0 Å². The van der Waals surface area contributed by atoms with Crippen molar-refractivity contribution in [3.63, 3.8) is 0 Å². The Morgan fingerprint density at radius 2 is 1.69 bits per heavy atom. The molecule has 58 heavy (non-hydrogen) atoms. The van der Waals surface area contributed by atoms with Crippen molar-refractivity contribution in [1.29, 1.82) is 0 Å². The Morgan fingerprint density at radius 3 is 2.31 bits per heavy atom. The SMILES string of the molecule is O=C([O-])c1ccc(S(=O)(=O)NC(C(=O)O[C@H]2CN3CCC2CC3)c2cccc(F)c2)cc1[C@@H](Cc1c(Cl)c[n+](O)cc1Cl)c1ccc(OC(F)F)c(OCC2CC2)c1. The van der Waals surface area contributed by atoms with Gasteiger partial charge in [0, 0.05) is 28.3 Å². The first kappa shape index (κ1) is 41.5. The molecule has 1 saturated carbocycles. The van der Waals surface area contributed by atoms with E-state index in [4.69, 9.17) is 37.4 Å². The molecule has 3 saturated heterocycles. The first-order valence-electron chi connectivity index (χ1n) is 18.5. The summed E-state index contributed by atoms with van der Waals surface area (Å²) >= 11 is 13.0. The van der Waals surface area contributed by atoms with Crippen LogP contribution in [0, 0.1) is 17.7 Å². The smallest absolute Gasteiger partial charge is 0.387 e. The van der Waals surface area contributed by atoms with Gasteiger partial charge in [-0.25, -0.2) is 17.6 Å². The van der Waals surface area contributed by atoms with Crippen molar-refractivity contribution in [1.82, 2.24) is 9.62 Å². The van der Waals surface area contributed by atoms with Crippen LogP contribution in [0.25, 0.3) is 0 Å². The fourth-order valence-electron chi connectivity index (χ4n) is 7.49. The first-order chi connectivity index (χ1) is 27.6. The minimum Gasteiger partial charge on any atom is -0.545 e. The summed E-state index contributed by atoms with van der Waals surface area (Å²) in [5, 5.41) is 22.7. The van der Waals surface area contributed by atoms with Gasteiger partial charge >= 0.3 is 12.6 Å². The molecule has 3 atom stereocenters. The van der Waals surface area contributed by atoms with Crippen LogP contribution in [0.1, 0.15) is 70.3 Å². The molecule has 8 rings (SSSR count). The topological polar surface area (TPSA) is 158 Å². The summed E-state index contributed by atoms with van der Waals surface area (Å²) in [6, 6.07) is 10.2. The molecule has 1 aliphatic carbocycles. The van der Waals surface area contributed by atoms with Gasteiger partial charge in [0.2, 0.25) is 22.4 Å². The number of esters is 1. The molecule has 1 aromatic heterocycles. The zero-order chi connectivity index (χ0) is 41.3. The Labute approximate surface area is 342 Å². The second-order valence-electron chi connectivity index (χ2n) is 14.7. The van der Waals surface area contributed by atoms with Crippen molar-refractivity contribution in [3.05, 3.63) is 117 Å². The molecule has 2 N–H and O–H groups in total. The van der Waals surface area contributed by atoms with Crippen molar-refractivity contribution in [2.75, 3.05) is 26.2 Å². The maximum absolute atomic E-state index is 14.5. The van der Waals surface area contributed by atoms with Gasteiger partial charge < -0.3 is 24.1 Å². The van der Waals surface area contributed by atoms with Crippen LogP contribution in [0.15, 0.2) is 78.0 Å². The highest BCUT2D eigenvalue weighted by molar-refractivity contribution is 7.89. The molecule has 18 heteroatoms. The molecule has 4 aromatic rings. The number of carbonyl (C=O) groups excluding carboxylic acids is 2.